The molecule has 3 amide bonds. The maximum absolute atomic E-state index is 12.9. The number of anilines is 1. The molecule has 29 heavy (non-hydrogen) atoms. The van der Waals surface area contributed by atoms with E-state index in [9.17, 15) is 14.4 Å². The van der Waals surface area contributed by atoms with Crippen molar-refractivity contribution < 1.29 is 14.4 Å². The normalized spacial score (nSPS) is 27.0. The Morgan fingerprint density at radius 1 is 0.931 bits per heavy atom. The van der Waals surface area contributed by atoms with E-state index in [0.29, 0.717) is 11.3 Å². The van der Waals surface area contributed by atoms with Crippen LogP contribution in [-0.2, 0) is 9.59 Å². The van der Waals surface area contributed by atoms with E-state index in [1.807, 2.05) is 4.90 Å². The predicted octanol–water partition coefficient (Wildman–Crippen LogP) is 4.04. The van der Waals surface area contributed by atoms with Gasteiger partial charge in [-0.25, -0.2) is 0 Å². The summed E-state index contributed by atoms with van der Waals surface area (Å²) in [6.45, 7) is 5.77. The molecule has 2 aliphatic carbocycles. The van der Waals surface area contributed by atoms with Crippen LogP contribution >= 0.6 is 0 Å². The van der Waals surface area contributed by atoms with Crippen LogP contribution in [0.15, 0.2) is 36.4 Å². The van der Waals surface area contributed by atoms with Crippen molar-refractivity contribution in [3.05, 3.63) is 42.0 Å². The van der Waals surface area contributed by atoms with Gasteiger partial charge in [0.25, 0.3) is 5.91 Å². The molecule has 4 unspecified atom stereocenters. The fourth-order valence-electron chi connectivity index (χ4n) is 5.11. The Morgan fingerprint density at radius 3 is 1.93 bits per heavy atom. The molecule has 1 aromatic rings. The second-order valence-electron chi connectivity index (χ2n) is 8.56. The monoisotopic (exact) mass is 394 g/mol. The standard InChI is InChI=1S/C24H30N2O3/c1-3-5-13-25(14-6-4-2)22(27)16-9-11-19(12-10-16)26-23(28)20-17-7-8-18(15-17)21(20)24(26)29/h7-12,17-18,20-21H,3-6,13-15H2,1-2H3. The maximum atomic E-state index is 12.9. The lowest BCUT2D eigenvalue weighted by molar-refractivity contribution is -0.123. The van der Waals surface area contributed by atoms with Gasteiger partial charge in [-0.2, -0.15) is 0 Å². The average Bonchev–Trinajstić information content (AvgIpc) is 3.42. The molecule has 4 rings (SSSR count). The highest BCUT2D eigenvalue weighted by atomic mass is 16.2. The number of hydrogen-bond acceptors (Lipinski definition) is 3. The number of nitrogens with zero attached hydrogens (tertiary/aromatic N) is 2. The first kappa shape index (κ1) is 19.9. The maximum Gasteiger partial charge on any atom is 0.253 e. The van der Waals surface area contributed by atoms with Gasteiger partial charge >= 0.3 is 0 Å². The second-order valence-corrected chi connectivity index (χ2v) is 8.56. The molecular formula is C24H30N2O3. The zero-order chi connectivity index (χ0) is 20.5. The van der Waals surface area contributed by atoms with Crippen LogP contribution in [0.5, 0.6) is 0 Å². The third-order valence-electron chi connectivity index (χ3n) is 6.69. The van der Waals surface area contributed by atoms with Gasteiger partial charge in [0.1, 0.15) is 0 Å². The summed E-state index contributed by atoms with van der Waals surface area (Å²) in [5, 5.41) is 0. The highest BCUT2D eigenvalue weighted by molar-refractivity contribution is 6.22. The molecule has 2 fully saturated rings. The fraction of sp³-hybridized carbons (Fsp3) is 0.542. The number of fused-ring (bicyclic) bond motifs is 5. The summed E-state index contributed by atoms with van der Waals surface area (Å²) in [7, 11) is 0. The zero-order valence-corrected chi connectivity index (χ0v) is 17.3. The molecule has 0 N–H and O–H groups in total. The van der Waals surface area contributed by atoms with Gasteiger partial charge in [-0.3, -0.25) is 19.3 Å². The quantitative estimate of drug-likeness (QED) is 0.494. The van der Waals surface area contributed by atoms with Crippen molar-refractivity contribution in [2.24, 2.45) is 23.7 Å². The van der Waals surface area contributed by atoms with Gasteiger partial charge in [-0.15, -0.1) is 0 Å². The van der Waals surface area contributed by atoms with E-state index in [4.69, 9.17) is 0 Å². The number of carbonyl (C=O) groups is 3. The van der Waals surface area contributed by atoms with Gasteiger partial charge in [0, 0.05) is 18.7 Å². The number of unbranched alkanes of at least 4 members (excludes halogenated alkanes) is 2. The van der Waals surface area contributed by atoms with Crippen LogP contribution in [0.4, 0.5) is 5.69 Å². The molecule has 1 saturated carbocycles. The Labute approximate surface area is 172 Å². The van der Waals surface area contributed by atoms with Gasteiger partial charge in [-0.05, 0) is 55.4 Å². The lowest BCUT2D eigenvalue weighted by Crippen LogP contribution is -2.34. The zero-order valence-electron chi connectivity index (χ0n) is 17.3. The second kappa shape index (κ2) is 8.13. The highest BCUT2D eigenvalue weighted by Gasteiger charge is 2.59. The van der Waals surface area contributed by atoms with Gasteiger partial charge in [0.05, 0.1) is 17.5 Å². The van der Waals surface area contributed by atoms with Gasteiger partial charge in [0.2, 0.25) is 11.8 Å². The van der Waals surface area contributed by atoms with E-state index in [0.717, 1.165) is 45.2 Å². The minimum absolute atomic E-state index is 0.0247. The van der Waals surface area contributed by atoms with E-state index in [2.05, 4.69) is 26.0 Å². The molecule has 0 spiro atoms. The first-order valence-electron chi connectivity index (χ1n) is 11.0. The third kappa shape index (κ3) is 3.41. The van der Waals surface area contributed by atoms with Crippen LogP contribution in [0.2, 0.25) is 0 Å². The van der Waals surface area contributed by atoms with Gasteiger partial charge in [0.15, 0.2) is 0 Å². The Kier molecular flexibility index (Phi) is 5.57. The largest absolute Gasteiger partial charge is 0.339 e. The van der Waals surface area contributed by atoms with Crippen molar-refractivity contribution in [3.8, 4) is 0 Å². The van der Waals surface area contributed by atoms with E-state index >= 15 is 0 Å². The molecule has 5 heteroatoms. The fourth-order valence-corrected chi connectivity index (χ4v) is 5.11. The summed E-state index contributed by atoms with van der Waals surface area (Å²) >= 11 is 0. The summed E-state index contributed by atoms with van der Waals surface area (Å²) in [4.78, 5) is 42.1. The number of allylic oxidation sites excluding steroid dienone is 2. The van der Waals surface area contributed by atoms with Crippen LogP contribution in [0.25, 0.3) is 0 Å². The van der Waals surface area contributed by atoms with E-state index < -0.39 is 0 Å². The Morgan fingerprint density at radius 2 is 1.45 bits per heavy atom. The lowest BCUT2D eigenvalue weighted by Gasteiger charge is -2.23. The number of rotatable bonds is 8. The highest BCUT2D eigenvalue weighted by Crippen LogP contribution is 2.53. The van der Waals surface area contributed by atoms with Crippen molar-refractivity contribution >= 4 is 23.4 Å². The van der Waals surface area contributed by atoms with Crippen molar-refractivity contribution in [2.45, 2.75) is 46.0 Å². The van der Waals surface area contributed by atoms with Crippen LogP contribution in [0, 0.1) is 23.7 Å². The summed E-state index contributed by atoms with van der Waals surface area (Å²) in [6, 6.07) is 7.00. The number of amides is 3. The molecule has 5 nitrogen and oxygen atoms in total. The van der Waals surface area contributed by atoms with E-state index in [1.54, 1.807) is 24.3 Å². The molecule has 1 saturated heterocycles. The first-order chi connectivity index (χ1) is 14.1. The third-order valence-corrected chi connectivity index (χ3v) is 6.69. The number of hydrogen-bond donors (Lipinski definition) is 0. The van der Waals surface area contributed by atoms with Crippen molar-refractivity contribution in [2.75, 3.05) is 18.0 Å². The number of benzene rings is 1. The molecular weight excluding hydrogens is 364 g/mol. The van der Waals surface area contributed by atoms with E-state index in [1.165, 1.54) is 4.90 Å². The summed E-state index contributed by atoms with van der Waals surface area (Å²) < 4.78 is 0. The Bertz CT molecular complexity index is 791. The smallest absolute Gasteiger partial charge is 0.253 e. The predicted molar refractivity (Wildman–Crippen MR) is 112 cm³/mol. The summed E-state index contributed by atoms with van der Waals surface area (Å²) in [6.07, 6.45) is 9.21. The molecule has 1 aliphatic heterocycles. The molecule has 0 radical (unpaired) electrons. The average molecular weight is 395 g/mol. The van der Waals surface area contributed by atoms with Crippen molar-refractivity contribution in [1.29, 1.82) is 0 Å². The van der Waals surface area contributed by atoms with Gasteiger partial charge in [-0.1, -0.05) is 38.8 Å². The molecule has 2 bridgehead atoms. The van der Waals surface area contributed by atoms with Crippen LogP contribution < -0.4 is 4.90 Å². The minimum Gasteiger partial charge on any atom is -0.339 e. The number of carbonyl (C=O) groups excluding carboxylic acids is 3. The summed E-state index contributed by atoms with van der Waals surface area (Å²) in [5.74, 6) is -0.116. The van der Waals surface area contributed by atoms with Crippen molar-refractivity contribution in [3.63, 3.8) is 0 Å². The molecule has 154 valence electrons. The molecule has 1 heterocycles. The van der Waals surface area contributed by atoms with Crippen LogP contribution in [-0.4, -0.2) is 35.7 Å². The molecule has 4 atom stereocenters. The SMILES string of the molecule is CCCCN(CCCC)C(=O)c1ccc(N2C(=O)C3C4C=CC(C4)C3C2=O)cc1. The molecule has 0 aromatic heterocycles. The first-order valence-corrected chi connectivity index (χ1v) is 11.0. The minimum atomic E-state index is -0.197. The van der Waals surface area contributed by atoms with Crippen LogP contribution in [0.3, 0.4) is 0 Å². The number of imide groups is 1. The van der Waals surface area contributed by atoms with Gasteiger partial charge < -0.3 is 4.90 Å². The van der Waals surface area contributed by atoms with E-state index in [-0.39, 0.29) is 41.4 Å². The Balaban J connectivity index is 1.50. The lowest BCUT2D eigenvalue weighted by atomic mass is 9.85. The van der Waals surface area contributed by atoms with Crippen LogP contribution in [0.1, 0.15) is 56.3 Å². The van der Waals surface area contributed by atoms with Crippen molar-refractivity contribution in [1.82, 2.24) is 4.90 Å². The topological polar surface area (TPSA) is 57.7 Å². The molecule has 3 aliphatic rings. The molecule has 1 aromatic carbocycles. The Hall–Kier alpha value is -2.43. The summed E-state index contributed by atoms with van der Waals surface area (Å²) in [5.41, 5.74) is 1.20.